The number of nitrogens with one attached hydrogen (secondary N) is 3. The van der Waals surface area contributed by atoms with E-state index in [-0.39, 0.29) is 40.5 Å². The number of methoxy groups -OCH3 is 1. The molecule has 55 heavy (non-hydrogen) atoms. The average molecular weight is 789 g/mol. The molecule has 3 aliphatic heterocycles. The molecule has 16 heteroatoms. The van der Waals surface area contributed by atoms with Crippen molar-refractivity contribution in [2.24, 2.45) is 13.0 Å². The van der Waals surface area contributed by atoms with Gasteiger partial charge in [-0.1, -0.05) is 41.4 Å². The largest absolute Gasteiger partial charge is 0.481 e. The van der Waals surface area contributed by atoms with Crippen molar-refractivity contribution >= 4 is 52.5 Å². The second kappa shape index (κ2) is 16.4. The zero-order valence-corrected chi connectivity index (χ0v) is 32.5. The Morgan fingerprint density at radius 1 is 1.00 bits per heavy atom. The van der Waals surface area contributed by atoms with E-state index in [9.17, 15) is 19.2 Å². The Morgan fingerprint density at radius 2 is 1.84 bits per heavy atom. The van der Waals surface area contributed by atoms with Crippen LogP contribution in [-0.4, -0.2) is 92.3 Å². The second-order valence-corrected chi connectivity index (χ2v) is 14.9. The molecule has 2 saturated heterocycles. The highest BCUT2D eigenvalue weighted by atomic mass is 35.5. The molecule has 0 aliphatic carbocycles. The van der Waals surface area contributed by atoms with Gasteiger partial charge in [-0.3, -0.25) is 24.2 Å². The van der Waals surface area contributed by atoms with E-state index in [1.54, 1.807) is 59.0 Å². The molecule has 4 aromatic rings. The Hall–Kier alpha value is -5.05. The number of ether oxygens (including phenoxy) is 1. The van der Waals surface area contributed by atoms with Crippen molar-refractivity contribution < 1.29 is 23.9 Å². The van der Waals surface area contributed by atoms with Crippen LogP contribution in [0.1, 0.15) is 60.2 Å². The van der Waals surface area contributed by atoms with Gasteiger partial charge < -0.3 is 35.1 Å². The number of imidazole rings is 1. The fraction of sp³-hybridized carbons (Fsp3) is 0.410. The number of hydrogen-bond donors (Lipinski definition) is 3. The number of amides is 4. The number of aromatic nitrogens is 4. The first-order valence-corrected chi connectivity index (χ1v) is 19.2. The number of pyridine rings is 2. The summed E-state index contributed by atoms with van der Waals surface area (Å²) in [6.45, 7) is 4.60. The van der Waals surface area contributed by atoms with Crippen molar-refractivity contribution in [2.75, 3.05) is 38.6 Å². The monoisotopic (exact) mass is 787 g/mol. The summed E-state index contributed by atoms with van der Waals surface area (Å²) in [5.41, 5.74) is 4.89. The van der Waals surface area contributed by atoms with Crippen LogP contribution in [0.15, 0.2) is 42.6 Å². The van der Waals surface area contributed by atoms with Crippen LogP contribution in [0, 0.1) is 5.92 Å². The minimum absolute atomic E-state index is 0.0145. The predicted octanol–water partition coefficient (Wildman–Crippen LogP) is 4.62. The van der Waals surface area contributed by atoms with E-state index in [1.165, 1.54) is 6.92 Å². The maximum Gasteiger partial charge on any atom is 0.291 e. The van der Waals surface area contributed by atoms with Gasteiger partial charge in [0.25, 0.3) is 5.91 Å². The van der Waals surface area contributed by atoms with Crippen LogP contribution < -0.4 is 20.7 Å². The van der Waals surface area contributed by atoms with Crippen molar-refractivity contribution in [1.29, 1.82) is 0 Å². The van der Waals surface area contributed by atoms with Crippen LogP contribution in [-0.2, 0) is 40.9 Å². The summed E-state index contributed by atoms with van der Waals surface area (Å²) in [5.74, 6) is 0.0193. The number of fused-ring (bicyclic) bond motifs is 1. The zero-order chi connectivity index (χ0) is 38.8. The molecular weight excluding hydrogens is 745 g/mol. The Morgan fingerprint density at radius 3 is 2.60 bits per heavy atom. The highest BCUT2D eigenvalue weighted by Crippen LogP contribution is 2.40. The minimum Gasteiger partial charge on any atom is -0.481 e. The lowest BCUT2D eigenvalue weighted by Gasteiger charge is -2.35. The van der Waals surface area contributed by atoms with Crippen molar-refractivity contribution in [1.82, 2.24) is 40.0 Å². The smallest absolute Gasteiger partial charge is 0.291 e. The molecule has 3 aromatic heterocycles. The number of halogens is 2. The van der Waals surface area contributed by atoms with E-state index in [2.05, 4.69) is 25.9 Å². The molecule has 1 aromatic carbocycles. The zero-order valence-electron chi connectivity index (χ0n) is 31.0. The van der Waals surface area contributed by atoms with E-state index < -0.39 is 5.91 Å². The highest BCUT2D eigenvalue weighted by molar-refractivity contribution is 6.39. The molecule has 3 N–H and O–H groups in total. The van der Waals surface area contributed by atoms with Crippen LogP contribution in [0.5, 0.6) is 5.88 Å². The van der Waals surface area contributed by atoms with Crippen LogP contribution in [0.4, 0.5) is 5.69 Å². The quantitative estimate of drug-likeness (QED) is 0.208. The van der Waals surface area contributed by atoms with Crippen molar-refractivity contribution in [3.05, 3.63) is 75.4 Å². The van der Waals surface area contributed by atoms with Gasteiger partial charge in [0.15, 0.2) is 5.82 Å². The van der Waals surface area contributed by atoms with E-state index >= 15 is 0 Å². The molecule has 0 spiro atoms. The Kier molecular flexibility index (Phi) is 11.4. The number of hydrogen-bond acceptors (Lipinski definition) is 9. The number of piperidine rings is 1. The second-order valence-electron chi connectivity index (χ2n) is 14.1. The fourth-order valence-corrected chi connectivity index (χ4v) is 8.18. The van der Waals surface area contributed by atoms with Gasteiger partial charge in [-0.25, -0.2) is 9.97 Å². The van der Waals surface area contributed by atoms with Gasteiger partial charge in [0.1, 0.15) is 0 Å². The highest BCUT2D eigenvalue weighted by Gasteiger charge is 2.34. The Balaban J connectivity index is 1.05. The van der Waals surface area contributed by atoms with Crippen LogP contribution >= 0.6 is 23.2 Å². The normalized spacial score (nSPS) is 18.2. The van der Waals surface area contributed by atoms with Gasteiger partial charge in [-0.05, 0) is 37.5 Å². The first-order chi connectivity index (χ1) is 26.5. The third-order valence-electron chi connectivity index (χ3n) is 10.6. The maximum absolute atomic E-state index is 13.7. The van der Waals surface area contributed by atoms with Crippen molar-refractivity contribution in [3.63, 3.8) is 0 Å². The van der Waals surface area contributed by atoms with E-state index in [4.69, 9.17) is 32.9 Å². The third kappa shape index (κ3) is 8.03. The first kappa shape index (κ1) is 38.2. The van der Waals surface area contributed by atoms with Crippen LogP contribution in [0.25, 0.3) is 22.5 Å². The lowest BCUT2D eigenvalue weighted by molar-refractivity contribution is -0.141. The van der Waals surface area contributed by atoms with Gasteiger partial charge >= 0.3 is 0 Å². The summed E-state index contributed by atoms with van der Waals surface area (Å²) < 4.78 is 7.39. The summed E-state index contributed by atoms with van der Waals surface area (Å²) in [4.78, 5) is 68.1. The number of anilines is 1. The van der Waals surface area contributed by atoms with Crippen molar-refractivity contribution in [2.45, 2.75) is 58.2 Å². The maximum atomic E-state index is 13.7. The van der Waals surface area contributed by atoms with E-state index in [0.29, 0.717) is 96.9 Å². The molecule has 4 amide bonds. The molecule has 288 valence electrons. The van der Waals surface area contributed by atoms with Crippen molar-refractivity contribution in [3.8, 4) is 28.4 Å². The standard InChI is InChI=1S/C39H43Cl2N9O5/c1-22(51)49-16-5-6-24(20-49)39(54)50-17-14-31-30(21-50)45-36(48(31)2)37(53)46-29-8-4-7-27(33(29)40)35-34(41)26(13-15-43-35)28-11-9-23(38(47-28)55-3)18-42-19-25-10-12-32(52)44-25/h4,7-9,11,13,15,24-25,42H,5-6,10,12,14,16-21H2,1-3H3,(H,44,52)(H,46,53). The SMILES string of the molecule is COc1nc(-c2ccnc(-c3cccc(NC(=O)c4nc5c(n4C)CCN(C(=O)C4CCCN(C(C)=O)C4)C5)c3Cl)c2Cl)ccc1CNCC1CCC(=O)N1. The molecule has 0 bridgehead atoms. The van der Waals surface area contributed by atoms with Gasteiger partial charge in [-0.2, -0.15) is 0 Å². The van der Waals surface area contributed by atoms with E-state index in [0.717, 1.165) is 30.5 Å². The summed E-state index contributed by atoms with van der Waals surface area (Å²) in [6, 6.07) is 10.9. The first-order valence-electron chi connectivity index (χ1n) is 18.4. The molecule has 2 unspecified atom stereocenters. The van der Waals surface area contributed by atoms with E-state index in [1.807, 2.05) is 12.1 Å². The predicted molar refractivity (Wildman–Crippen MR) is 208 cm³/mol. The number of carbonyl (C=O) groups is 4. The number of nitrogens with zero attached hydrogens (tertiary/aromatic N) is 6. The Labute approximate surface area is 328 Å². The molecule has 7 rings (SSSR count). The molecular formula is C39H43Cl2N9O5. The Bertz CT molecular complexity index is 2160. The van der Waals surface area contributed by atoms with Gasteiger partial charge in [0.05, 0.1) is 52.4 Å². The molecule has 14 nitrogen and oxygen atoms in total. The van der Waals surface area contributed by atoms with Gasteiger partial charge in [0.2, 0.25) is 23.6 Å². The fourth-order valence-electron chi connectivity index (χ4n) is 7.60. The summed E-state index contributed by atoms with van der Waals surface area (Å²) >= 11 is 13.9. The minimum atomic E-state index is -0.454. The molecule has 2 atom stereocenters. The summed E-state index contributed by atoms with van der Waals surface area (Å²) in [7, 11) is 3.35. The van der Waals surface area contributed by atoms with Crippen LogP contribution in [0.2, 0.25) is 10.0 Å². The molecule has 0 radical (unpaired) electrons. The third-order valence-corrected chi connectivity index (χ3v) is 11.4. The summed E-state index contributed by atoms with van der Waals surface area (Å²) in [5, 5.41) is 9.80. The molecule has 2 fully saturated rings. The van der Waals surface area contributed by atoms with Gasteiger partial charge in [-0.15, -0.1) is 0 Å². The number of likely N-dealkylation sites (tertiary alicyclic amines) is 1. The average Bonchev–Trinajstić information content (AvgIpc) is 3.77. The molecule has 3 aliphatic rings. The topological polar surface area (TPSA) is 164 Å². The number of rotatable bonds is 10. The lowest BCUT2D eigenvalue weighted by atomic mass is 9.95. The lowest BCUT2D eigenvalue weighted by Crippen LogP contribution is -2.47. The molecule has 6 heterocycles. The number of benzene rings is 1. The summed E-state index contributed by atoms with van der Waals surface area (Å²) in [6.07, 6.45) is 5.08. The number of carbonyl (C=O) groups excluding carboxylic acids is 4. The van der Waals surface area contributed by atoms with Gasteiger partial charge in [0, 0.05) is 94.2 Å². The van der Waals surface area contributed by atoms with Crippen LogP contribution in [0.3, 0.4) is 0 Å². The molecule has 0 saturated carbocycles.